The minimum atomic E-state index is 0.286. The van der Waals surface area contributed by atoms with E-state index in [0.717, 1.165) is 20.1 Å². The van der Waals surface area contributed by atoms with Gasteiger partial charge in [0.05, 0.1) is 26.8 Å². The van der Waals surface area contributed by atoms with Crippen LogP contribution in [0.3, 0.4) is 0 Å². The maximum absolute atomic E-state index is 9.06. The molecule has 106 valence electrons. The Morgan fingerprint density at radius 2 is 1.90 bits per heavy atom. The van der Waals surface area contributed by atoms with Crippen LogP contribution in [0.2, 0.25) is 0 Å². The first-order valence-corrected chi connectivity index (χ1v) is 7.51. The number of rotatable bonds is 4. The molecule has 0 unspecified atom stereocenters. The average molecular weight is 410 g/mol. The van der Waals surface area contributed by atoms with Crippen molar-refractivity contribution in [1.82, 2.24) is 0 Å². The molecule has 0 saturated carbocycles. The molecule has 0 atom stereocenters. The Morgan fingerprint density at radius 3 is 2.52 bits per heavy atom. The summed E-state index contributed by atoms with van der Waals surface area (Å²) in [7, 11) is 0. The van der Waals surface area contributed by atoms with E-state index in [-0.39, 0.29) is 6.61 Å². The lowest BCUT2D eigenvalue weighted by molar-refractivity contribution is 0.302. The topological polar surface area (TPSA) is 65.6 Å². The van der Waals surface area contributed by atoms with Crippen LogP contribution in [0, 0.1) is 11.3 Å². The van der Waals surface area contributed by atoms with Gasteiger partial charge >= 0.3 is 0 Å². The zero-order valence-electron chi connectivity index (χ0n) is 10.8. The Hall–Kier alpha value is -1.84. The van der Waals surface area contributed by atoms with Gasteiger partial charge in [-0.15, -0.1) is 0 Å². The minimum absolute atomic E-state index is 0.286. The molecule has 0 aliphatic carbocycles. The molecule has 0 fully saturated rings. The molecule has 1 N–H and O–H groups in total. The molecule has 0 aromatic heterocycles. The quantitative estimate of drug-likeness (QED) is 0.460. The molecular weight excluding hydrogens is 400 g/mol. The van der Waals surface area contributed by atoms with Crippen LogP contribution in [0.1, 0.15) is 16.7 Å². The molecule has 2 aromatic rings. The molecule has 0 amide bonds. The van der Waals surface area contributed by atoms with Crippen LogP contribution >= 0.6 is 31.9 Å². The molecule has 0 radical (unpaired) electrons. The van der Waals surface area contributed by atoms with Crippen molar-refractivity contribution < 1.29 is 9.94 Å². The average Bonchev–Trinajstić information content (AvgIpc) is 2.47. The summed E-state index contributed by atoms with van der Waals surface area (Å²) in [5, 5.41) is 20.6. The number of benzene rings is 2. The standard InChI is InChI=1S/C15H10Br2N2O2/c16-13-5-10(8-19-20)6-14(17)15(13)21-9-12-4-2-1-3-11(12)7-18/h1-6,8,20H,9H2. The third-order valence-corrected chi connectivity index (χ3v) is 3.92. The maximum atomic E-state index is 9.06. The molecule has 4 nitrogen and oxygen atoms in total. The van der Waals surface area contributed by atoms with Crippen molar-refractivity contribution in [2.24, 2.45) is 5.16 Å². The van der Waals surface area contributed by atoms with E-state index in [4.69, 9.17) is 15.2 Å². The largest absolute Gasteiger partial charge is 0.486 e. The van der Waals surface area contributed by atoms with Gasteiger partial charge in [0.15, 0.2) is 0 Å². The number of hydrogen-bond donors (Lipinski definition) is 1. The van der Waals surface area contributed by atoms with E-state index >= 15 is 0 Å². The molecule has 0 heterocycles. The first-order chi connectivity index (χ1) is 10.2. The first-order valence-electron chi connectivity index (χ1n) is 5.93. The van der Waals surface area contributed by atoms with Crippen molar-refractivity contribution in [1.29, 1.82) is 5.26 Å². The fraction of sp³-hybridized carbons (Fsp3) is 0.0667. The fourth-order valence-corrected chi connectivity index (χ4v) is 3.21. The van der Waals surface area contributed by atoms with E-state index in [1.807, 2.05) is 18.2 Å². The number of oxime groups is 1. The fourth-order valence-electron chi connectivity index (χ4n) is 1.76. The summed E-state index contributed by atoms with van der Waals surface area (Å²) >= 11 is 6.83. The van der Waals surface area contributed by atoms with Gasteiger partial charge in [0.25, 0.3) is 0 Å². The first kappa shape index (κ1) is 15.5. The van der Waals surface area contributed by atoms with Crippen molar-refractivity contribution >= 4 is 38.1 Å². The Labute approximate surface area is 138 Å². The molecule has 6 heteroatoms. The summed E-state index contributed by atoms with van der Waals surface area (Å²) in [6.07, 6.45) is 1.32. The molecule has 2 rings (SSSR count). The zero-order chi connectivity index (χ0) is 15.2. The van der Waals surface area contributed by atoms with Crippen molar-refractivity contribution in [2.45, 2.75) is 6.61 Å². The summed E-state index contributed by atoms with van der Waals surface area (Å²) in [5.74, 6) is 0.623. The van der Waals surface area contributed by atoms with Crippen LogP contribution in [0.4, 0.5) is 0 Å². The number of halogens is 2. The van der Waals surface area contributed by atoms with Crippen LogP contribution in [-0.4, -0.2) is 11.4 Å². The van der Waals surface area contributed by atoms with E-state index in [0.29, 0.717) is 11.3 Å². The molecule has 0 aliphatic rings. The third-order valence-electron chi connectivity index (χ3n) is 2.74. The van der Waals surface area contributed by atoms with E-state index in [2.05, 4.69) is 43.1 Å². The Kier molecular flexibility index (Phi) is 5.37. The predicted molar refractivity (Wildman–Crippen MR) is 86.7 cm³/mol. The normalized spacial score (nSPS) is 10.5. The van der Waals surface area contributed by atoms with E-state index in [9.17, 15) is 0 Å². The smallest absolute Gasteiger partial charge is 0.148 e. The second-order valence-corrected chi connectivity index (χ2v) is 5.82. The van der Waals surface area contributed by atoms with Crippen molar-refractivity contribution in [3.05, 3.63) is 62.0 Å². The third kappa shape index (κ3) is 3.84. The number of nitrogens with zero attached hydrogens (tertiary/aromatic N) is 2. The summed E-state index contributed by atoms with van der Waals surface area (Å²) in [6, 6.07) is 13.0. The van der Waals surface area contributed by atoms with Gasteiger partial charge in [-0.25, -0.2) is 0 Å². The Balaban J connectivity index is 2.23. The van der Waals surface area contributed by atoms with E-state index in [1.165, 1.54) is 6.21 Å². The second kappa shape index (κ2) is 7.25. The molecule has 21 heavy (non-hydrogen) atoms. The Bertz CT molecular complexity index is 701. The summed E-state index contributed by atoms with van der Waals surface area (Å²) in [5.41, 5.74) is 2.13. The van der Waals surface area contributed by atoms with Crippen LogP contribution < -0.4 is 4.74 Å². The predicted octanol–water partition coefficient (Wildman–Crippen LogP) is 4.47. The monoisotopic (exact) mass is 408 g/mol. The highest BCUT2D eigenvalue weighted by Gasteiger charge is 2.10. The molecule has 0 spiro atoms. The lowest BCUT2D eigenvalue weighted by Crippen LogP contribution is -2.00. The number of ether oxygens (including phenoxy) is 1. The summed E-state index contributed by atoms with van der Waals surface area (Å²) in [6.45, 7) is 0.286. The van der Waals surface area contributed by atoms with Gasteiger partial charge in [-0.1, -0.05) is 23.4 Å². The lowest BCUT2D eigenvalue weighted by atomic mass is 10.1. The molecule has 0 saturated heterocycles. The summed E-state index contributed by atoms with van der Waals surface area (Å²) < 4.78 is 7.22. The second-order valence-electron chi connectivity index (χ2n) is 4.12. The minimum Gasteiger partial charge on any atom is -0.486 e. The maximum Gasteiger partial charge on any atom is 0.148 e. The lowest BCUT2D eigenvalue weighted by Gasteiger charge is -2.12. The van der Waals surface area contributed by atoms with Crippen LogP contribution in [-0.2, 0) is 6.61 Å². The molecule has 0 bridgehead atoms. The van der Waals surface area contributed by atoms with Gasteiger partial charge in [-0.2, -0.15) is 5.26 Å². The highest BCUT2D eigenvalue weighted by atomic mass is 79.9. The summed E-state index contributed by atoms with van der Waals surface area (Å²) in [4.78, 5) is 0. The van der Waals surface area contributed by atoms with E-state index in [1.54, 1.807) is 18.2 Å². The van der Waals surface area contributed by atoms with Crippen LogP contribution in [0.25, 0.3) is 0 Å². The van der Waals surface area contributed by atoms with E-state index < -0.39 is 0 Å². The van der Waals surface area contributed by atoms with Gasteiger partial charge in [0, 0.05) is 5.56 Å². The van der Waals surface area contributed by atoms with Crippen molar-refractivity contribution in [2.75, 3.05) is 0 Å². The van der Waals surface area contributed by atoms with Gasteiger partial charge in [0.2, 0.25) is 0 Å². The van der Waals surface area contributed by atoms with Crippen molar-refractivity contribution in [3.8, 4) is 11.8 Å². The van der Waals surface area contributed by atoms with Crippen LogP contribution in [0.5, 0.6) is 5.75 Å². The van der Waals surface area contributed by atoms with Crippen molar-refractivity contribution in [3.63, 3.8) is 0 Å². The molecular formula is C15H10Br2N2O2. The van der Waals surface area contributed by atoms with Gasteiger partial charge < -0.3 is 9.94 Å². The van der Waals surface area contributed by atoms with Crippen LogP contribution in [0.15, 0.2) is 50.5 Å². The zero-order valence-corrected chi connectivity index (χ0v) is 13.9. The highest BCUT2D eigenvalue weighted by molar-refractivity contribution is 9.11. The van der Waals surface area contributed by atoms with Gasteiger partial charge in [-0.05, 0) is 55.6 Å². The van der Waals surface area contributed by atoms with Gasteiger partial charge in [-0.3, -0.25) is 0 Å². The molecule has 0 aliphatic heterocycles. The Morgan fingerprint density at radius 1 is 1.24 bits per heavy atom. The SMILES string of the molecule is N#Cc1ccccc1COc1c(Br)cc(C=NO)cc1Br. The van der Waals surface area contributed by atoms with Gasteiger partial charge in [0.1, 0.15) is 12.4 Å². The highest BCUT2D eigenvalue weighted by Crippen LogP contribution is 2.35. The number of nitriles is 1. The molecule has 2 aromatic carbocycles. The number of hydrogen-bond acceptors (Lipinski definition) is 4.